The third kappa shape index (κ3) is 4.88. The summed E-state index contributed by atoms with van der Waals surface area (Å²) >= 11 is 0. The Kier molecular flexibility index (Phi) is 6.65. The molecule has 0 saturated carbocycles. The summed E-state index contributed by atoms with van der Waals surface area (Å²) in [6, 6.07) is 21.1. The van der Waals surface area contributed by atoms with E-state index in [-0.39, 0.29) is 5.91 Å². The van der Waals surface area contributed by atoms with E-state index in [9.17, 15) is 4.79 Å². The lowest BCUT2D eigenvalue weighted by atomic mass is 10.1. The van der Waals surface area contributed by atoms with Gasteiger partial charge in [0.15, 0.2) is 11.5 Å². The highest BCUT2D eigenvalue weighted by Gasteiger charge is 2.10. The maximum absolute atomic E-state index is 12.6. The van der Waals surface area contributed by atoms with E-state index in [1.807, 2.05) is 71.4 Å². The van der Waals surface area contributed by atoms with Gasteiger partial charge in [-0.3, -0.25) is 4.79 Å². The lowest BCUT2D eigenvalue weighted by Gasteiger charge is -2.12. The Morgan fingerprint density at radius 3 is 2.56 bits per heavy atom. The molecule has 0 bridgehead atoms. The van der Waals surface area contributed by atoms with Crippen LogP contribution in [0, 0.1) is 0 Å². The van der Waals surface area contributed by atoms with Gasteiger partial charge in [-0.2, -0.15) is 0 Å². The van der Waals surface area contributed by atoms with E-state index in [0.29, 0.717) is 36.8 Å². The first-order chi connectivity index (χ1) is 15.7. The van der Waals surface area contributed by atoms with Crippen LogP contribution in [0.3, 0.4) is 0 Å². The van der Waals surface area contributed by atoms with E-state index in [1.165, 1.54) is 0 Å². The van der Waals surface area contributed by atoms with Crippen LogP contribution in [0.5, 0.6) is 11.5 Å². The Hall–Kier alpha value is -3.87. The van der Waals surface area contributed by atoms with Crippen LogP contribution in [0.4, 0.5) is 0 Å². The number of amides is 1. The van der Waals surface area contributed by atoms with Gasteiger partial charge >= 0.3 is 0 Å². The normalized spacial score (nSPS) is 10.8. The third-order valence-electron chi connectivity index (χ3n) is 5.11. The molecule has 7 heteroatoms. The predicted molar refractivity (Wildman–Crippen MR) is 123 cm³/mol. The van der Waals surface area contributed by atoms with Crippen molar-refractivity contribution in [2.24, 2.45) is 0 Å². The van der Waals surface area contributed by atoms with Gasteiger partial charge in [0.05, 0.1) is 25.8 Å². The number of fused-ring (bicyclic) bond motifs is 1. The van der Waals surface area contributed by atoms with Crippen molar-refractivity contribution in [3.05, 3.63) is 83.4 Å². The fourth-order valence-electron chi connectivity index (χ4n) is 3.41. The minimum Gasteiger partial charge on any atom is -0.493 e. The molecule has 0 unspecified atom stereocenters. The molecule has 0 aliphatic carbocycles. The zero-order chi connectivity index (χ0) is 22.3. The number of benzene rings is 3. The maximum Gasteiger partial charge on any atom is 0.251 e. The Morgan fingerprint density at radius 2 is 1.78 bits per heavy atom. The third-order valence-corrected chi connectivity index (χ3v) is 5.11. The number of nitrogens with one attached hydrogen (secondary N) is 1. The summed E-state index contributed by atoms with van der Waals surface area (Å²) in [4.78, 5) is 12.6. The van der Waals surface area contributed by atoms with Crippen LogP contribution >= 0.6 is 0 Å². The van der Waals surface area contributed by atoms with Gasteiger partial charge in [-0.15, -0.1) is 5.10 Å². The molecule has 0 fully saturated rings. The van der Waals surface area contributed by atoms with Crippen molar-refractivity contribution in [1.29, 1.82) is 0 Å². The van der Waals surface area contributed by atoms with Gasteiger partial charge in [0.2, 0.25) is 0 Å². The number of ether oxygens (including phenoxy) is 2. The van der Waals surface area contributed by atoms with Gasteiger partial charge in [0.25, 0.3) is 5.91 Å². The Bertz CT molecular complexity index is 1200. The Labute approximate surface area is 187 Å². The molecule has 4 aromatic rings. The molecular formula is C25H26N4O3. The second-order valence-electron chi connectivity index (χ2n) is 7.45. The van der Waals surface area contributed by atoms with E-state index >= 15 is 0 Å². The van der Waals surface area contributed by atoms with E-state index < -0.39 is 0 Å². The molecule has 164 valence electrons. The fraction of sp³-hybridized carbons (Fsp3) is 0.240. The Balaban J connectivity index is 1.37. The van der Waals surface area contributed by atoms with Crippen LogP contribution < -0.4 is 14.8 Å². The molecule has 0 spiro atoms. The molecule has 1 N–H and O–H groups in total. The predicted octanol–water partition coefficient (Wildman–Crippen LogP) is 4.21. The van der Waals surface area contributed by atoms with Crippen molar-refractivity contribution in [2.75, 3.05) is 13.7 Å². The number of aromatic nitrogens is 3. The average molecular weight is 431 g/mol. The summed E-state index contributed by atoms with van der Waals surface area (Å²) < 4.78 is 12.9. The molecule has 1 heterocycles. The van der Waals surface area contributed by atoms with E-state index in [2.05, 4.69) is 22.6 Å². The summed E-state index contributed by atoms with van der Waals surface area (Å²) in [5, 5.41) is 11.3. The number of hydrogen-bond acceptors (Lipinski definition) is 5. The molecule has 0 atom stereocenters. The summed E-state index contributed by atoms with van der Waals surface area (Å²) in [5.41, 5.74) is 4.44. The first kappa shape index (κ1) is 21.4. The smallest absolute Gasteiger partial charge is 0.251 e. The SMILES string of the molecule is CCCOc1ccc(CNC(=O)c2ccc(Cn3nnc4ccccc43)cc2)cc1OC. The van der Waals surface area contributed by atoms with Crippen LogP contribution in [-0.2, 0) is 13.1 Å². The summed E-state index contributed by atoms with van der Waals surface area (Å²) in [6.45, 7) is 3.68. The topological polar surface area (TPSA) is 78.3 Å². The maximum atomic E-state index is 12.6. The van der Waals surface area contributed by atoms with Crippen LogP contribution in [0.25, 0.3) is 11.0 Å². The van der Waals surface area contributed by atoms with E-state index in [1.54, 1.807) is 7.11 Å². The van der Waals surface area contributed by atoms with Crippen molar-refractivity contribution < 1.29 is 14.3 Å². The minimum atomic E-state index is -0.131. The van der Waals surface area contributed by atoms with Crippen molar-refractivity contribution in [2.45, 2.75) is 26.4 Å². The van der Waals surface area contributed by atoms with Gasteiger partial charge in [-0.1, -0.05) is 42.5 Å². The number of para-hydroxylation sites is 1. The number of carbonyl (C=O) groups is 1. The zero-order valence-corrected chi connectivity index (χ0v) is 18.2. The van der Waals surface area contributed by atoms with E-state index in [0.717, 1.165) is 28.6 Å². The second-order valence-corrected chi connectivity index (χ2v) is 7.45. The Morgan fingerprint density at radius 1 is 1.00 bits per heavy atom. The van der Waals surface area contributed by atoms with Crippen LogP contribution in [0.15, 0.2) is 66.7 Å². The molecule has 1 amide bonds. The molecule has 0 aliphatic heterocycles. The van der Waals surface area contributed by atoms with Crippen LogP contribution in [0.1, 0.15) is 34.8 Å². The highest BCUT2D eigenvalue weighted by atomic mass is 16.5. The number of rotatable bonds is 9. The number of methoxy groups -OCH3 is 1. The number of nitrogens with zero attached hydrogens (tertiary/aromatic N) is 3. The molecule has 0 saturated heterocycles. The lowest BCUT2D eigenvalue weighted by Crippen LogP contribution is -2.22. The first-order valence-electron chi connectivity index (χ1n) is 10.6. The monoisotopic (exact) mass is 430 g/mol. The minimum absolute atomic E-state index is 0.131. The van der Waals surface area contributed by atoms with Crippen molar-refractivity contribution in [3.63, 3.8) is 0 Å². The van der Waals surface area contributed by atoms with Crippen LogP contribution in [-0.4, -0.2) is 34.6 Å². The molecule has 32 heavy (non-hydrogen) atoms. The largest absolute Gasteiger partial charge is 0.493 e. The van der Waals surface area contributed by atoms with E-state index in [4.69, 9.17) is 9.47 Å². The molecule has 4 rings (SSSR count). The van der Waals surface area contributed by atoms with Gasteiger partial charge in [0, 0.05) is 12.1 Å². The van der Waals surface area contributed by atoms with Gasteiger partial charge in [0.1, 0.15) is 5.52 Å². The van der Waals surface area contributed by atoms with Crippen molar-refractivity contribution in [1.82, 2.24) is 20.3 Å². The molecule has 1 aromatic heterocycles. The molecule has 7 nitrogen and oxygen atoms in total. The molecule has 0 aliphatic rings. The molecule has 0 radical (unpaired) electrons. The quantitative estimate of drug-likeness (QED) is 0.430. The van der Waals surface area contributed by atoms with Crippen molar-refractivity contribution >= 4 is 16.9 Å². The van der Waals surface area contributed by atoms with Crippen molar-refractivity contribution in [3.8, 4) is 11.5 Å². The summed E-state index contributed by atoms with van der Waals surface area (Å²) in [7, 11) is 1.61. The second kappa shape index (κ2) is 9.96. The number of hydrogen-bond donors (Lipinski definition) is 1. The highest BCUT2D eigenvalue weighted by Crippen LogP contribution is 2.28. The van der Waals surface area contributed by atoms with Gasteiger partial charge in [-0.25, -0.2) is 4.68 Å². The molecule has 3 aromatic carbocycles. The standard InChI is InChI=1S/C25H26N4O3/c1-3-14-32-23-13-10-19(15-24(23)31-2)16-26-25(30)20-11-8-18(9-12-20)17-29-22-7-5-4-6-21(22)27-28-29/h4-13,15H,3,14,16-17H2,1-2H3,(H,26,30). The van der Waals surface area contributed by atoms with Gasteiger partial charge < -0.3 is 14.8 Å². The summed E-state index contributed by atoms with van der Waals surface area (Å²) in [6.07, 6.45) is 0.926. The lowest BCUT2D eigenvalue weighted by molar-refractivity contribution is 0.0951. The zero-order valence-electron chi connectivity index (χ0n) is 18.2. The highest BCUT2D eigenvalue weighted by molar-refractivity contribution is 5.94. The summed E-state index contributed by atoms with van der Waals surface area (Å²) in [5.74, 6) is 1.24. The first-order valence-corrected chi connectivity index (χ1v) is 10.6. The average Bonchev–Trinajstić information content (AvgIpc) is 3.24. The van der Waals surface area contributed by atoms with Crippen LogP contribution in [0.2, 0.25) is 0 Å². The molecular weight excluding hydrogens is 404 g/mol. The van der Waals surface area contributed by atoms with Gasteiger partial charge in [-0.05, 0) is 53.9 Å². The number of carbonyl (C=O) groups excluding carboxylic acids is 1. The fourth-order valence-corrected chi connectivity index (χ4v) is 3.41.